The standard InChI is InChI=1S/C9H18N2/c1-6(2)4-9(11-10)8-5-7(8)3/h7-9,11H,1,4-5,10H2,2-3H3. The van der Waals surface area contributed by atoms with Crippen molar-refractivity contribution >= 4 is 0 Å². The van der Waals surface area contributed by atoms with Crippen molar-refractivity contribution < 1.29 is 0 Å². The predicted octanol–water partition coefficient (Wildman–Crippen LogP) is 1.44. The van der Waals surface area contributed by atoms with E-state index in [1.54, 1.807) is 0 Å². The Morgan fingerprint density at radius 1 is 1.82 bits per heavy atom. The second-order valence-corrected chi connectivity index (χ2v) is 3.81. The van der Waals surface area contributed by atoms with Gasteiger partial charge in [0.2, 0.25) is 0 Å². The van der Waals surface area contributed by atoms with E-state index >= 15 is 0 Å². The highest BCUT2D eigenvalue weighted by atomic mass is 15.2. The molecule has 3 N–H and O–H groups in total. The highest BCUT2D eigenvalue weighted by molar-refractivity contribution is 5.00. The van der Waals surface area contributed by atoms with E-state index in [4.69, 9.17) is 5.84 Å². The highest BCUT2D eigenvalue weighted by Crippen LogP contribution is 2.41. The molecular formula is C9H18N2. The average molecular weight is 154 g/mol. The largest absolute Gasteiger partial charge is 0.271 e. The normalized spacial score (nSPS) is 31.5. The molecule has 1 fully saturated rings. The van der Waals surface area contributed by atoms with Crippen LogP contribution in [0, 0.1) is 11.8 Å². The third-order valence-corrected chi connectivity index (χ3v) is 2.47. The van der Waals surface area contributed by atoms with Gasteiger partial charge in [0, 0.05) is 6.04 Å². The fourth-order valence-electron chi connectivity index (χ4n) is 1.62. The van der Waals surface area contributed by atoms with Crippen LogP contribution in [0.25, 0.3) is 0 Å². The van der Waals surface area contributed by atoms with Crippen molar-refractivity contribution in [3.05, 3.63) is 12.2 Å². The summed E-state index contributed by atoms with van der Waals surface area (Å²) in [5, 5.41) is 0. The number of hydrogen-bond donors (Lipinski definition) is 2. The van der Waals surface area contributed by atoms with Crippen molar-refractivity contribution in [2.24, 2.45) is 17.7 Å². The topological polar surface area (TPSA) is 38.0 Å². The molecule has 0 aromatic carbocycles. The lowest BCUT2D eigenvalue weighted by Crippen LogP contribution is -2.37. The maximum Gasteiger partial charge on any atom is 0.0278 e. The fraction of sp³-hybridized carbons (Fsp3) is 0.778. The summed E-state index contributed by atoms with van der Waals surface area (Å²) in [7, 11) is 0. The van der Waals surface area contributed by atoms with Crippen LogP contribution < -0.4 is 11.3 Å². The molecule has 0 aliphatic heterocycles. The van der Waals surface area contributed by atoms with Gasteiger partial charge in [-0.1, -0.05) is 12.5 Å². The van der Waals surface area contributed by atoms with Crippen LogP contribution in [0.2, 0.25) is 0 Å². The number of rotatable bonds is 4. The van der Waals surface area contributed by atoms with Crippen LogP contribution in [0.15, 0.2) is 12.2 Å². The smallest absolute Gasteiger partial charge is 0.0278 e. The first-order valence-electron chi connectivity index (χ1n) is 4.25. The first kappa shape index (κ1) is 8.75. The molecule has 2 heteroatoms. The van der Waals surface area contributed by atoms with Crippen LogP contribution in [0.5, 0.6) is 0 Å². The molecule has 0 amide bonds. The van der Waals surface area contributed by atoms with Crippen molar-refractivity contribution in [3.8, 4) is 0 Å². The van der Waals surface area contributed by atoms with Crippen LogP contribution in [0.1, 0.15) is 26.7 Å². The molecule has 1 saturated carbocycles. The lowest BCUT2D eigenvalue weighted by atomic mass is 10.0. The summed E-state index contributed by atoms with van der Waals surface area (Å²) in [6.07, 6.45) is 2.34. The summed E-state index contributed by atoms with van der Waals surface area (Å²) in [6, 6.07) is 0.461. The molecule has 2 nitrogen and oxygen atoms in total. The summed E-state index contributed by atoms with van der Waals surface area (Å²) in [6.45, 7) is 8.21. The molecule has 1 rings (SSSR count). The zero-order chi connectivity index (χ0) is 8.43. The minimum absolute atomic E-state index is 0.461. The maximum absolute atomic E-state index is 5.43. The molecule has 0 saturated heterocycles. The number of nitrogens with two attached hydrogens (primary N) is 1. The van der Waals surface area contributed by atoms with Crippen LogP contribution in [-0.2, 0) is 0 Å². The van der Waals surface area contributed by atoms with Gasteiger partial charge < -0.3 is 0 Å². The Kier molecular flexibility index (Phi) is 2.68. The second-order valence-electron chi connectivity index (χ2n) is 3.81. The van der Waals surface area contributed by atoms with Crippen LogP contribution >= 0.6 is 0 Å². The van der Waals surface area contributed by atoms with Crippen LogP contribution in [-0.4, -0.2) is 6.04 Å². The Balaban J connectivity index is 2.32. The number of hydrogen-bond acceptors (Lipinski definition) is 2. The summed E-state index contributed by atoms with van der Waals surface area (Å²) in [5.74, 6) is 7.08. The Labute approximate surface area is 68.8 Å². The Hall–Kier alpha value is -0.340. The van der Waals surface area contributed by atoms with Crippen LogP contribution in [0.3, 0.4) is 0 Å². The molecule has 0 radical (unpaired) electrons. The molecule has 1 aliphatic carbocycles. The Morgan fingerprint density at radius 3 is 2.64 bits per heavy atom. The van der Waals surface area contributed by atoms with Gasteiger partial charge in [-0.05, 0) is 31.6 Å². The monoisotopic (exact) mass is 154 g/mol. The van der Waals surface area contributed by atoms with E-state index in [0.29, 0.717) is 6.04 Å². The van der Waals surface area contributed by atoms with E-state index in [-0.39, 0.29) is 0 Å². The highest BCUT2D eigenvalue weighted by Gasteiger charge is 2.38. The average Bonchev–Trinajstić information content (AvgIpc) is 2.61. The van der Waals surface area contributed by atoms with Gasteiger partial charge in [-0.25, -0.2) is 0 Å². The van der Waals surface area contributed by atoms with Crippen molar-refractivity contribution in [2.45, 2.75) is 32.7 Å². The summed E-state index contributed by atoms with van der Waals surface area (Å²) >= 11 is 0. The first-order valence-corrected chi connectivity index (χ1v) is 4.25. The van der Waals surface area contributed by atoms with E-state index < -0.39 is 0 Å². The molecule has 11 heavy (non-hydrogen) atoms. The van der Waals surface area contributed by atoms with Crippen LogP contribution in [0.4, 0.5) is 0 Å². The minimum atomic E-state index is 0.461. The Morgan fingerprint density at radius 2 is 2.36 bits per heavy atom. The van der Waals surface area contributed by atoms with Gasteiger partial charge in [0.15, 0.2) is 0 Å². The van der Waals surface area contributed by atoms with E-state index in [1.807, 2.05) is 0 Å². The summed E-state index contributed by atoms with van der Waals surface area (Å²) in [5.41, 5.74) is 4.08. The van der Waals surface area contributed by atoms with Gasteiger partial charge in [0.25, 0.3) is 0 Å². The molecule has 0 bridgehead atoms. The van der Waals surface area contributed by atoms with Crippen molar-refractivity contribution in [1.82, 2.24) is 5.43 Å². The quantitative estimate of drug-likeness (QED) is 0.365. The molecule has 3 unspecified atom stereocenters. The third-order valence-electron chi connectivity index (χ3n) is 2.47. The van der Waals surface area contributed by atoms with E-state index in [2.05, 4.69) is 25.9 Å². The van der Waals surface area contributed by atoms with Gasteiger partial charge in [0.05, 0.1) is 0 Å². The molecule has 0 aromatic heterocycles. The lowest BCUT2D eigenvalue weighted by Gasteiger charge is -2.14. The third kappa shape index (κ3) is 2.31. The first-order chi connectivity index (χ1) is 5.15. The SMILES string of the molecule is C=C(C)CC(NN)C1CC1C. The number of hydrazine groups is 1. The molecule has 3 atom stereocenters. The maximum atomic E-state index is 5.43. The number of nitrogens with one attached hydrogen (secondary N) is 1. The van der Waals surface area contributed by atoms with E-state index in [0.717, 1.165) is 18.3 Å². The Bertz CT molecular complexity index is 154. The zero-order valence-corrected chi connectivity index (χ0v) is 7.43. The van der Waals surface area contributed by atoms with Gasteiger partial charge in [-0.15, -0.1) is 6.58 Å². The molecule has 1 aliphatic rings. The predicted molar refractivity (Wildman–Crippen MR) is 47.8 cm³/mol. The van der Waals surface area contributed by atoms with E-state index in [9.17, 15) is 0 Å². The van der Waals surface area contributed by atoms with Gasteiger partial charge in [0.1, 0.15) is 0 Å². The fourth-order valence-corrected chi connectivity index (χ4v) is 1.62. The minimum Gasteiger partial charge on any atom is -0.271 e. The second kappa shape index (κ2) is 3.37. The zero-order valence-electron chi connectivity index (χ0n) is 7.43. The van der Waals surface area contributed by atoms with Crippen molar-refractivity contribution in [3.63, 3.8) is 0 Å². The summed E-state index contributed by atoms with van der Waals surface area (Å²) in [4.78, 5) is 0. The molecule has 64 valence electrons. The molecule has 0 heterocycles. The molecule has 0 aromatic rings. The lowest BCUT2D eigenvalue weighted by molar-refractivity contribution is 0.453. The van der Waals surface area contributed by atoms with Gasteiger partial charge >= 0.3 is 0 Å². The van der Waals surface area contributed by atoms with Crippen molar-refractivity contribution in [2.75, 3.05) is 0 Å². The van der Waals surface area contributed by atoms with E-state index in [1.165, 1.54) is 12.0 Å². The summed E-state index contributed by atoms with van der Waals surface area (Å²) < 4.78 is 0. The molecular weight excluding hydrogens is 136 g/mol. The van der Waals surface area contributed by atoms with Gasteiger partial charge in [-0.3, -0.25) is 11.3 Å². The van der Waals surface area contributed by atoms with Gasteiger partial charge in [-0.2, -0.15) is 0 Å². The van der Waals surface area contributed by atoms with Crippen molar-refractivity contribution in [1.29, 1.82) is 0 Å². The molecule has 0 spiro atoms.